The van der Waals surface area contributed by atoms with Crippen LogP contribution in [0.4, 0.5) is 0 Å². The summed E-state index contributed by atoms with van der Waals surface area (Å²) in [6, 6.07) is 14.8. The molecule has 0 aromatic heterocycles. The molecule has 2 N–H and O–H groups in total. The number of hydrogen-bond donors (Lipinski definition) is 2. The van der Waals surface area contributed by atoms with E-state index in [1.165, 1.54) is 7.05 Å². The summed E-state index contributed by atoms with van der Waals surface area (Å²) >= 11 is 0. The molecule has 0 aliphatic rings. The quantitative estimate of drug-likeness (QED) is 0.816. The molecule has 0 aliphatic carbocycles. The molecule has 6 heteroatoms. The average molecular weight is 334 g/mol. The van der Waals surface area contributed by atoms with Crippen molar-refractivity contribution in [3.05, 3.63) is 59.7 Å². The highest BCUT2D eigenvalue weighted by Crippen LogP contribution is 2.18. The Morgan fingerprint density at radius 1 is 1.13 bits per heavy atom. The summed E-state index contributed by atoms with van der Waals surface area (Å²) in [5.74, 6) is 0.826. The lowest BCUT2D eigenvalue weighted by Gasteiger charge is -2.15. The highest BCUT2D eigenvalue weighted by Gasteiger charge is 2.13. The van der Waals surface area contributed by atoms with Crippen LogP contribution in [-0.4, -0.2) is 22.6 Å². The minimum absolute atomic E-state index is 0.0316. The first-order valence-electron chi connectivity index (χ1n) is 7.36. The number of benzene rings is 2. The fourth-order valence-corrected chi connectivity index (χ4v) is 2.99. The molecule has 0 fully saturated rings. The fraction of sp³-hybridized carbons (Fsp3) is 0.294. The first-order valence-corrected chi connectivity index (χ1v) is 8.84. The van der Waals surface area contributed by atoms with Crippen molar-refractivity contribution in [2.45, 2.75) is 24.4 Å². The smallest absolute Gasteiger partial charge is 0.240 e. The number of rotatable bonds is 7. The van der Waals surface area contributed by atoms with Gasteiger partial charge in [-0.25, -0.2) is 13.1 Å². The zero-order chi connectivity index (χ0) is 16.9. The van der Waals surface area contributed by atoms with Gasteiger partial charge in [-0.2, -0.15) is 0 Å². The maximum atomic E-state index is 11.9. The molecule has 23 heavy (non-hydrogen) atoms. The minimum Gasteiger partial charge on any atom is -0.497 e. The number of methoxy groups -OCH3 is 1. The molecule has 0 saturated carbocycles. The number of ether oxygens (including phenoxy) is 1. The van der Waals surface area contributed by atoms with Crippen molar-refractivity contribution < 1.29 is 13.2 Å². The second kappa shape index (κ2) is 7.59. The molecule has 0 radical (unpaired) electrons. The molecule has 0 bridgehead atoms. The molecule has 2 rings (SSSR count). The Hall–Kier alpha value is -1.89. The van der Waals surface area contributed by atoms with Crippen LogP contribution in [0.5, 0.6) is 5.75 Å². The van der Waals surface area contributed by atoms with Crippen molar-refractivity contribution in [3.63, 3.8) is 0 Å². The van der Waals surface area contributed by atoms with Gasteiger partial charge in [-0.05, 0) is 49.4 Å². The third kappa shape index (κ3) is 4.54. The van der Waals surface area contributed by atoms with Gasteiger partial charge in [0.05, 0.1) is 12.0 Å². The highest BCUT2D eigenvalue weighted by molar-refractivity contribution is 7.89. The Balaban J connectivity index is 2.05. The monoisotopic (exact) mass is 334 g/mol. The van der Waals surface area contributed by atoms with Crippen LogP contribution in [-0.2, 0) is 16.6 Å². The summed E-state index contributed by atoms with van der Waals surface area (Å²) in [4.78, 5) is 0.274. The van der Waals surface area contributed by atoms with E-state index in [0.29, 0.717) is 6.54 Å². The topological polar surface area (TPSA) is 67.4 Å². The van der Waals surface area contributed by atoms with Gasteiger partial charge in [-0.15, -0.1) is 0 Å². The van der Waals surface area contributed by atoms with Gasteiger partial charge >= 0.3 is 0 Å². The van der Waals surface area contributed by atoms with Gasteiger partial charge in [0.25, 0.3) is 0 Å². The number of hydrogen-bond acceptors (Lipinski definition) is 4. The predicted octanol–water partition coefficient (Wildman–Crippen LogP) is 2.45. The molecule has 1 atom stereocenters. The standard InChI is InChI=1S/C17H22N2O3S/c1-13(19-12-14-7-9-16(22-3)10-8-14)15-5-4-6-17(11-15)23(20,21)18-2/h4-11,13,18-19H,12H2,1-3H3/t13-/m1/s1. The van der Waals surface area contributed by atoms with Crippen molar-refractivity contribution in [2.24, 2.45) is 0 Å². The lowest BCUT2D eigenvalue weighted by molar-refractivity contribution is 0.414. The molecule has 124 valence electrons. The Morgan fingerprint density at radius 2 is 1.83 bits per heavy atom. The van der Waals surface area contributed by atoms with Crippen molar-refractivity contribution in [2.75, 3.05) is 14.2 Å². The fourth-order valence-electron chi connectivity index (χ4n) is 2.20. The van der Waals surface area contributed by atoms with Crippen LogP contribution in [0.2, 0.25) is 0 Å². The largest absolute Gasteiger partial charge is 0.497 e. The predicted molar refractivity (Wildman–Crippen MR) is 90.9 cm³/mol. The second-order valence-electron chi connectivity index (χ2n) is 5.23. The zero-order valence-corrected chi connectivity index (χ0v) is 14.4. The van der Waals surface area contributed by atoms with Crippen LogP contribution in [0.25, 0.3) is 0 Å². The molecule has 0 heterocycles. The van der Waals surface area contributed by atoms with Crippen molar-refractivity contribution >= 4 is 10.0 Å². The van der Waals surface area contributed by atoms with Crippen molar-refractivity contribution in [1.29, 1.82) is 0 Å². The second-order valence-corrected chi connectivity index (χ2v) is 7.12. The third-order valence-electron chi connectivity index (χ3n) is 3.71. The molecule has 0 amide bonds. The van der Waals surface area contributed by atoms with Crippen LogP contribution < -0.4 is 14.8 Å². The maximum Gasteiger partial charge on any atom is 0.240 e. The van der Waals surface area contributed by atoms with Crippen LogP contribution in [0.15, 0.2) is 53.4 Å². The van der Waals surface area contributed by atoms with E-state index in [9.17, 15) is 8.42 Å². The van der Waals surface area contributed by atoms with Gasteiger partial charge in [-0.3, -0.25) is 0 Å². The normalized spacial score (nSPS) is 12.8. The molecule has 0 spiro atoms. The van der Waals surface area contributed by atoms with Gasteiger partial charge in [0, 0.05) is 12.6 Å². The summed E-state index contributed by atoms with van der Waals surface area (Å²) in [5.41, 5.74) is 2.06. The zero-order valence-electron chi connectivity index (χ0n) is 13.5. The van der Waals surface area contributed by atoms with E-state index in [1.54, 1.807) is 25.3 Å². The summed E-state index contributed by atoms with van der Waals surface area (Å²) < 4.78 is 31.2. The molecule has 2 aromatic rings. The van der Waals surface area contributed by atoms with Crippen LogP contribution in [0, 0.1) is 0 Å². The van der Waals surface area contributed by atoms with E-state index in [4.69, 9.17) is 4.74 Å². The highest BCUT2D eigenvalue weighted by atomic mass is 32.2. The van der Waals surface area contributed by atoms with Crippen LogP contribution in [0.3, 0.4) is 0 Å². The SMILES string of the molecule is CNS(=O)(=O)c1cccc([C@@H](C)NCc2ccc(OC)cc2)c1. The molecular weight excluding hydrogens is 312 g/mol. The third-order valence-corrected chi connectivity index (χ3v) is 5.12. The van der Waals surface area contributed by atoms with Crippen LogP contribution in [0.1, 0.15) is 24.1 Å². The van der Waals surface area contributed by atoms with Gasteiger partial charge in [0.1, 0.15) is 5.75 Å². The van der Waals surface area contributed by atoms with E-state index in [-0.39, 0.29) is 10.9 Å². The van der Waals surface area contributed by atoms with Gasteiger partial charge in [-0.1, -0.05) is 24.3 Å². The summed E-state index contributed by atoms with van der Waals surface area (Å²) in [7, 11) is -0.370. The number of nitrogens with one attached hydrogen (secondary N) is 2. The Kier molecular flexibility index (Phi) is 5.76. The molecule has 2 aromatic carbocycles. The van der Waals surface area contributed by atoms with E-state index in [2.05, 4.69) is 10.0 Å². The summed E-state index contributed by atoms with van der Waals surface area (Å²) in [6.45, 7) is 2.70. The van der Waals surface area contributed by atoms with Crippen LogP contribution >= 0.6 is 0 Å². The first-order chi connectivity index (χ1) is 11.0. The van der Waals surface area contributed by atoms with E-state index in [0.717, 1.165) is 16.9 Å². The first kappa shape index (κ1) is 17.5. The van der Waals surface area contributed by atoms with Crippen molar-refractivity contribution in [3.8, 4) is 5.75 Å². The van der Waals surface area contributed by atoms with Gasteiger partial charge in [0.15, 0.2) is 0 Å². The molecular formula is C17H22N2O3S. The Bertz CT molecular complexity index is 743. The van der Waals surface area contributed by atoms with Crippen molar-refractivity contribution in [1.82, 2.24) is 10.0 Å². The molecule has 0 aliphatic heterocycles. The van der Waals surface area contributed by atoms with Gasteiger partial charge < -0.3 is 10.1 Å². The maximum absolute atomic E-state index is 11.9. The molecule has 0 saturated heterocycles. The lowest BCUT2D eigenvalue weighted by Crippen LogP contribution is -2.21. The Labute approximate surface area is 137 Å². The van der Waals surface area contributed by atoms with E-state index < -0.39 is 10.0 Å². The summed E-state index contributed by atoms with van der Waals surface area (Å²) in [5, 5.41) is 3.39. The Morgan fingerprint density at radius 3 is 2.43 bits per heavy atom. The minimum atomic E-state index is -3.42. The molecule has 5 nitrogen and oxygen atoms in total. The molecule has 0 unspecified atom stereocenters. The lowest BCUT2D eigenvalue weighted by atomic mass is 10.1. The van der Waals surface area contributed by atoms with E-state index >= 15 is 0 Å². The number of sulfonamides is 1. The summed E-state index contributed by atoms with van der Waals surface area (Å²) in [6.07, 6.45) is 0. The van der Waals surface area contributed by atoms with Gasteiger partial charge in [0.2, 0.25) is 10.0 Å². The van der Waals surface area contributed by atoms with E-state index in [1.807, 2.05) is 37.3 Å². The average Bonchev–Trinajstić information content (AvgIpc) is 2.60.